The molecule has 1 aliphatic heterocycles. The van der Waals surface area contributed by atoms with E-state index in [0.29, 0.717) is 18.4 Å². The van der Waals surface area contributed by atoms with Crippen molar-refractivity contribution in [1.82, 2.24) is 14.9 Å². The molecule has 140 valence electrons. The van der Waals surface area contributed by atoms with Gasteiger partial charge < -0.3 is 9.32 Å². The van der Waals surface area contributed by atoms with Gasteiger partial charge in [-0.3, -0.25) is 4.79 Å². The van der Waals surface area contributed by atoms with Crippen LogP contribution in [0, 0.1) is 0 Å². The number of piperidine rings is 1. The first-order chi connectivity index (χ1) is 13.8. The first kappa shape index (κ1) is 17.1. The summed E-state index contributed by atoms with van der Waals surface area (Å²) in [6, 6.07) is 15.8. The van der Waals surface area contributed by atoms with Crippen LogP contribution >= 0.6 is 11.3 Å². The zero-order chi connectivity index (χ0) is 18.9. The number of para-hydroxylation sites is 3. The van der Waals surface area contributed by atoms with E-state index in [4.69, 9.17) is 9.40 Å². The minimum absolute atomic E-state index is 0.00642. The number of nitrogens with zero attached hydrogens (tertiary/aromatic N) is 3. The van der Waals surface area contributed by atoms with Gasteiger partial charge in [0.25, 0.3) is 0 Å². The predicted octanol–water partition coefficient (Wildman–Crippen LogP) is 4.86. The van der Waals surface area contributed by atoms with E-state index < -0.39 is 0 Å². The second kappa shape index (κ2) is 7.20. The largest absolute Gasteiger partial charge is 0.437 e. The minimum atomic E-state index is -0.00642. The third-order valence-corrected chi connectivity index (χ3v) is 6.27. The highest BCUT2D eigenvalue weighted by Crippen LogP contribution is 2.33. The number of likely N-dealkylation sites (tertiary alicyclic amines) is 1. The third kappa shape index (κ3) is 3.31. The quantitative estimate of drug-likeness (QED) is 0.470. The number of carbonyl (C=O) groups excluding carboxylic acids is 1. The number of aromatic nitrogens is 2. The van der Waals surface area contributed by atoms with Crippen LogP contribution in [-0.4, -0.2) is 33.9 Å². The van der Waals surface area contributed by atoms with Gasteiger partial charge in [0.2, 0.25) is 11.8 Å². The highest BCUT2D eigenvalue weighted by atomic mass is 32.1. The molecule has 2 aromatic carbocycles. The number of fused-ring (bicyclic) bond motifs is 2. The van der Waals surface area contributed by atoms with Crippen molar-refractivity contribution in [3.05, 3.63) is 65.5 Å². The maximum Gasteiger partial charge on any atom is 0.246 e. The minimum Gasteiger partial charge on any atom is -0.437 e. The molecule has 1 unspecified atom stereocenters. The molecule has 4 aromatic rings. The normalized spacial score (nSPS) is 17.7. The van der Waals surface area contributed by atoms with Gasteiger partial charge in [0.15, 0.2) is 5.58 Å². The van der Waals surface area contributed by atoms with Crippen LogP contribution in [0.25, 0.3) is 27.4 Å². The molecular formula is C22H19N3O2S. The molecule has 0 bridgehead atoms. The van der Waals surface area contributed by atoms with E-state index in [9.17, 15) is 4.79 Å². The number of rotatable bonds is 3. The molecule has 0 spiro atoms. The van der Waals surface area contributed by atoms with Gasteiger partial charge >= 0.3 is 0 Å². The summed E-state index contributed by atoms with van der Waals surface area (Å²) in [5.74, 6) is 0.746. The Balaban J connectivity index is 1.30. The fourth-order valence-electron chi connectivity index (χ4n) is 3.65. The molecule has 1 atom stereocenters. The van der Waals surface area contributed by atoms with Crippen LogP contribution in [0.5, 0.6) is 0 Å². The highest BCUT2D eigenvalue weighted by molar-refractivity contribution is 7.18. The number of oxazole rings is 1. The molecule has 0 N–H and O–H groups in total. The maximum atomic E-state index is 12.7. The van der Waals surface area contributed by atoms with E-state index in [1.54, 1.807) is 23.5 Å². The Morgan fingerprint density at radius 2 is 1.93 bits per heavy atom. The van der Waals surface area contributed by atoms with Gasteiger partial charge in [-0.25, -0.2) is 9.97 Å². The summed E-state index contributed by atoms with van der Waals surface area (Å²) in [4.78, 5) is 23.8. The van der Waals surface area contributed by atoms with Crippen molar-refractivity contribution >= 4 is 44.6 Å². The van der Waals surface area contributed by atoms with Crippen molar-refractivity contribution in [2.75, 3.05) is 13.1 Å². The lowest BCUT2D eigenvalue weighted by molar-refractivity contribution is -0.127. The van der Waals surface area contributed by atoms with Gasteiger partial charge in [0.1, 0.15) is 5.52 Å². The average Bonchev–Trinajstić information content (AvgIpc) is 3.35. The molecule has 0 aliphatic carbocycles. The van der Waals surface area contributed by atoms with E-state index in [-0.39, 0.29) is 5.91 Å². The highest BCUT2D eigenvalue weighted by Gasteiger charge is 2.26. The fourth-order valence-corrected chi connectivity index (χ4v) is 4.75. The van der Waals surface area contributed by atoms with Crippen molar-refractivity contribution in [1.29, 1.82) is 0 Å². The van der Waals surface area contributed by atoms with Gasteiger partial charge in [0.05, 0.1) is 15.2 Å². The average molecular weight is 389 g/mol. The van der Waals surface area contributed by atoms with Crippen LogP contribution < -0.4 is 0 Å². The van der Waals surface area contributed by atoms with Gasteiger partial charge in [0, 0.05) is 31.2 Å². The van der Waals surface area contributed by atoms with E-state index in [0.717, 1.165) is 41.0 Å². The Morgan fingerprint density at radius 3 is 2.79 bits per heavy atom. The monoisotopic (exact) mass is 389 g/mol. The summed E-state index contributed by atoms with van der Waals surface area (Å²) in [5.41, 5.74) is 2.56. The van der Waals surface area contributed by atoms with E-state index in [2.05, 4.69) is 11.1 Å². The molecule has 5 nitrogen and oxygen atoms in total. The number of benzene rings is 2. The van der Waals surface area contributed by atoms with E-state index in [1.165, 1.54) is 4.70 Å². The van der Waals surface area contributed by atoms with Crippen molar-refractivity contribution in [2.24, 2.45) is 0 Å². The number of hydrogen-bond donors (Lipinski definition) is 0. The summed E-state index contributed by atoms with van der Waals surface area (Å²) in [5, 5.41) is 1.13. The lowest BCUT2D eigenvalue weighted by Gasteiger charge is -2.31. The molecule has 28 heavy (non-hydrogen) atoms. The first-order valence-electron chi connectivity index (χ1n) is 9.44. The van der Waals surface area contributed by atoms with Crippen LogP contribution in [0.3, 0.4) is 0 Å². The van der Waals surface area contributed by atoms with E-state index >= 15 is 0 Å². The van der Waals surface area contributed by atoms with Crippen LogP contribution in [0.15, 0.2) is 59.0 Å². The number of thiazole rings is 1. The number of hydrogen-bond acceptors (Lipinski definition) is 5. The second-order valence-corrected chi connectivity index (χ2v) is 8.06. The Kier molecular flexibility index (Phi) is 4.41. The van der Waals surface area contributed by atoms with Crippen molar-refractivity contribution in [3.8, 4) is 0 Å². The number of amides is 1. The Bertz CT molecular complexity index is 1110. The summed E-state index contributed by atoms with van der Waals surface area (Å²) < 4.78 is 6.86. The molecule has 0 radical (unpaired) electrons. The molecule has 2 aromatic heterocycles. The van der Waals surface area contributed by atoms with E-state index in [1.807, 2.05) is 47.4 Å². The zero-order valence-corrected chi connectivity index (χ0v) is 16.1. The molecule has 3 heterocycles. The molecule has 1 saturated heterocycles. The molecule has 5 rings (SSSR count). The molecular weight excluding hydrogens is 370 g/mol. The first-order valence-corrected chi connectivity index (χ1v) is 10.3. The second-order valence-electron chi connectivity index (χ2n) is 7.00. The van der Waals surface area contributed by atoms with Crippen molar-refractivity contribution < 1.29 is 9.21 Å². The smallest absolute Gasteiger partial charge is 0.246 e. The lowest BCUT2D eigenvalue weighted by atomic mass is 9.98. The van der Waals surface area contributed by atoms with Gasteiger partial charge in [-0.15, -0.1) is 11.3 Å². The summed E-state index contributed by atoms with van der Waals surface area (Å²) >= 11 is 1.74. The molecule has 0 saturated carbocycles. The Morgan fingerprint density at radius 1 is 1.11 bits per heavy atom. The van der Waals surface area contributed by atoms with Crippen LogP contribution in [0.4, 0.5) is 0 Å². The predicted molar refractivity (Wildman–Crippen MR) is 111 cm³/mol. The SMILES string of the molecule is O=C(/C=C/c1nc2ccccc2o1)N1CCCC(c2nc3ccccc3s2)C1. The topological polar surface area (TPSA) is 59.2 Å². The zero-order valence-electron chi connectivity index (χ0n) is 15.2. The number of carbonyl (C=O) groups is 1. The summed E-state index contributed by atoms with van der Waals surface area (Å²) in [6.07, 6.45) is 5.27. The fraction of sp³-hybridized carbons (Fsp3) is 0.227. The van der Waals surface area contributed by atoms with Crippen LogP contribution in [-0.2, 0) is 4.79 Å². The van der Waals surface area contributed by atoms with Gasteiger partial charge in [-0.05, 0) is 37.1 Å². The Hall–Kier alpha value is -2.99. The van der Waals surface area contributed by atoms with Crippen molar-refractivity contribution in [3.63, 3.8) is 0 Å². The summed E-state index contributed by atoms with van der Waals surface area (Å²) in [7, 11) is 0. The lowest BCUT2D eigenvalue weighted by Crippen LogP contribution is -2.38. The molecule has 1 aliphatic rings. The molecule has 1 fully saturated rings. The molecule has 6 heteroatoms. The third-order valence-electron chi connectivity index (χ3n) is 5.07. The Labute approximate surface area is 166 Å². The van der Waals surface area contributed by atoms with Gasteiger partial charge in [-0.2, -0.15) is 0 Å². The standard InChI is InChI=1S/C22H19N3O2S/c26-21(12-11-20-23-16-7-1-3-9-18(16)27-20)25-13-5-6-15(14-25)22-24-17-8-2-4-10-19(17)28-22/h1-4,7-12,15H,5-6,13-14H2/b12-11+. The van der Waals surface area contributed by atoms with Crippen LogP contribution in [0.1, 0.15) is 29.7 Å². The van der Waals surface area contributed by atoms with Crippen LogP contribution in [0.2, 0.25) is 0 Å². The maximum absolute atomic E-state index is 12.7. The van der Waals surface area contributed by atoms with Gasteiger partial charge in [-0.1, -0.05) is 24.3 Å². The summed E-state index contributed by atoms with van der Waals surface area (Å²) in [6.45, 7) is 1.48. The van der Waals surface area contributed by atoms with Crippen molar-refractivity contribution in [2.45, 2.75) is 18.8 Å². The molecule has 1 amide bonds.